The number of halogens is 1. The summed E-state index contributed by atoms with van der Waals surface area (Å²) in [7, 11) is 0. The molecule has 134 valence electrons. The molecular weight excluding hydrogens is 348 g/mol. The maximum absolute atomic E-state index is 13.0. The number of anilines is 1. The predicted octanol–water partition coefficient (Wildman–Crippen LogP) is 4.10. The molecule has 0 aromatic heterocycles. The number of carbonyl (C=O) groups excluding carboxylic acids is 2. The van der Waals surface area contributed by atoms with Crippen LogP contribution in [-0.2, 0) is 4.79 Å². The second kappa shape index (κ2) is 7.12. The van der Waals surface area contributed by atoms with E-state index < -0.39 is 0 Å². The molecule has 2 fully saturated rings. The summed E-state index contributed by atoms with van der Waals surface area (Å²) in [5, 5.41) is 0.438. The third-order valence-corrected chi connectivity index (χ3v) is 5.64. The van der Waals surface area contributed by atoms with E-state index in [0.717, 1.165) is 25.1 Å². The summed E-state index contributed by atoms with van der Waals surface area (Å²) in [6, 6.07) is 15.6. The van der Waals surface area contributed by atoms with E-state index in [9.17, 15) is 9.59 Å². The number of amides is 2. The maximum Gasteiger partial charge on any atom is 0.255 e. The Morgan fingerprint density at radius 1 is 1.08 bits per heavy atom. The van der Waals surface area contributed by atoms with Crippen LogP contribution in [0.3, 0.4) is 0 Å². The van der Waals surface area contributed by atoms with Gasteiger partial charge in [0.1, 0.15) is 0 Å². The van der Waals surface area contributed by atoms with Crippen molar-refractivity contribution in [2.24, 2.45) is 0 Å². The van der Waals surface area contributed by atoms with E-state index in [-0.39, 0.29) is 11.8 Å². The molecule has 0 spiro atoms. The zero-order valence-corrected chi connectivity index (χ0v) is 15.3. The molecule has 2 heterocycles. The van der Waals surface area contributed by atoms with Crippen LogP contribution in [-0.4, -0.2) is 36.3 Å². The largest absolute Gasteiger partial charge is 0.338 e. The van der Waals surface area contributed by atoms with Crippen molar-refractivity contribution in [2.75, 3.05) is 24.5 Å². The van der Waals surface area contributed by atoms with Gasteiger partial charge in [0.05, 0.1) is 10.6 Å². The fourth-order valence-corrected chi connectivity index (χ4v) is 4.08. The third-order valence-electron chi connectivity index (χ3n) is 5.31. The number of nitrogens with zero attached hydrogens (tertiary/aromatic N) is 2. The molecule has 2 aromatic rings. The minimum Gasteiger partial charge on any atom is -0.338 e. The van der Waals surface area contributed by atoms with Gasteiger partial charge in [-0.05, 0) is 36.6 Å². The van der Waals surface area contributed by atoms with Gasteiger partial charge in [-0.1, -0.05) is 41.9 Å². The van der Waals surface area contributed by atoms with Crippen molar-refractivity contribution in [1.29, 1.82) is 0 Å². The van der Waals surface area contributed by atoms with Gasteiger partial charge in [-0.2, -0.15) is 0 Å². The van der Waals surface area contributed by atoms with E-state index in [1.165, 1.54) is 5.56 Å². The lowest BCUT2D eigenvalue weighted by atomic mass is 9.99. The van der Waals surface area contributed by atoms with Crippen molar-refractivity contribution in [3.05, 3.63) is 64.7 Å². The molecule has 26 heavy (non-hydrogen) atoms. The Hall–Kier alpha value is -2.33. The molecule has 4 rings (SSSR count). The minimum atomic E-state index is -0.0538. The summed E-state index contributed by atoms with van der Waals surface area (Å²) in [6.45, 7) is 2.13. The normalized spacial score (nSPS) is 20.0. The lowest BCUT2D eigenvalue weighted by Crippen LogP contribution is -2.29. The van der Waals surface area contributed by atoms with Gasteiger partial charge < -0.3 is 9.80 Å². The van der Waals surface area contributed by atoms with E-state index in [4.69, 9.17) is 11.6 Å². The van der Waals surface area contributed by atoms with Crippen LogP contribution in [0.25, 0.3) is 0 Å². The highest BCUT2D eigenvalue weighted by Gasteiger charge is 2.30. The van der Waals surface area contributed by atoms with Gasteiger partial charge in [-0.25, -0.2) is 0 Å². The van der Waals surface area contributed by atoms with Gasteiger partial charge in [0, 0.05) is 37.7 Å². The van der Waals surface area contributed by atoms with E-state index in [2.05, 4.69) is 12.1 Å². The Morgan fingerprint density at radius 2 is 1.88 bits per heavy atom. The van der Waals surface area contributed by atoms with Crippen molar-refractivity contribution >= 4 is 29.1 Å². The molecule has 0 N–H and O–H groups in total. The first-order valence-corrected chi connectivity index (χ1v) is 9.45. The first-order chi connectivity index (χ1) is 12.6. The Balaban J connectivity index is 1.54. The SMILES string of the molecule is O=C(c1cc(N2CCCC2=O)ccc1Cl)N1CCC(c2ccccc2)C1. The smallest absolute Gasteiger partial charge is 0.255 e. The van der Waals surface area contributed by atoms with E-state index in [0.29, 0.717) is 36.0 Å². The van der Waals surface area contributed by atoms with Crippen molar-refractivity contribution in [1.82, 2.24) is 4.90 Å². The number of benzene rings is 2. The lowest BCUT2D eigenvalue weighted by Gasteiger charge is -2.20. The Kier molecular flexibility index (Phi) is 4.68. The van der Waals surface area contributed by atoms with Crippen LogP contribution in [0.2, 0.25) is 5.02 Å². The molecule has 0 radical (unpaired) electrons. The standard InChI is InChI=1S/C21H21ClN2O2/c22-19-9-8-17(24-11-4-7-20(24)25)13-18(19)21(26)23-12-10-16(14-23)15-5-2-1-3-6-15/h1-3,5-6,8-9,13,16H,4,7,10-12,14H2. The molecule has 0 bridgehead atoms. The molecule has 2 aliphatic rings. The van der Waals surface area contributed by atoms with Crippen LogP contribution in [0.1, 0.15) is 41.1 Å². The summed E-state index contributed by atoms with van der Waals surface area (Å²) in [5.74, 6) is 0.417. The first-order valence-electron chi connectivity index (χ1n) is 9.07. The molecule has 0 aliphatic carbocycles. The molecule has 2 aliphatic heterocycles. The molecule has 2 aromatic carbocycles. The Labute approximate surface area is 158 Å². The zero-order chi connectivity index (χ0) is 18.1. The van der Waals surface area contributed by atoms with Crippen molar-refractivity contribution < 1.29 is 9.59 Å². The van der Waals surface area contributed by atoms with Gasteiger partial charge in [0.15, 0.2) is 0 Å². The third kappa shape index (κ3) is 3.21. The average Bonchev–Trinajstić information content (AvgIpc) is 3.32. The number of carbonyl (C=O) groups is 2. The van der Waals surface area contributed by atoms with Gasteiger partial charge in [-0.3, -0.25) is 9.59 Å². The van der Waals surface area contributed by atoms with Crippen LogP contribution in [0, 0.1) is 0 Å². The van der Waals surface area contributed by atoms with Gasteiger partial charge in [0.2, 0.25) is 5.91 Å². The van der Waals surface area contributed by atoms with Crippen LogP contribution >= 0.6 is 11.6 Å². The number of likely N-dealkylation sites (tertiary alicyclic amines) is 1. The van der Waals surface area contributed by atoms with Crippen molar-refractivity contribution in [3.63, 3.8) is 0 Å². The molecule has 5 heteroatoms. The molecule has 0 saturated carbocycles. The molecule has 2 amide bonds. The van der Waals surface area contributed by atoms with Crippen LogP contribution in [0.15, 0.2) is 48.5 Å². The molecule has 1 unspecified atom stereocenters. The molecule has 4 nitrogen and oxygen atoms in total. The highest BCUT2D eigenvalue weighted by molar-refractivity contribution is 6.34. The second-order valence-electron chi connectivity index (χ2n) is 6.96. The van der Waals surface area contributed by atoms with Crippen molar-refractivity contribution in [3.8, 4) is 0 Å². The Bertz CT molecular complexity index is 837. The second-order valence-corrected chi connectivity index (χ2v) is 7.37. The first kappa shape index (κ1) is 17.1. The average molecular weight is 369 g/mol. The Morgan fingerprint density at radius 3 is 2.62 bits per heavy atom. The summed E-state index contributed by atoms with van der Waals surface area (Å²) in [6.07, 6.45) is 2.38. The van der Waals surface area contributed by atoms with Crippen LogP contribution in [0.4, 0.5) is 5.69 Å². The minimum absolute atomic E-state index is 0.0538. The summed E-state index contributed by atoms with van der Waals surface area (Å²) in [5.41, 5.74) is 2.52. The predicted molar refractivity (Wildman–Crippen MR) is 103 cm³/mol. The van der Waals surface area contributed by atoms with Gasteiger partial charge in [0.25, 0.3) is 5.91 Å². The van der Waals surface area contributed by atoms with Gasteiger partial charge in [-0.15, -0.1) is 0 Å². The molecule has 1 atom stereocenters. The summed E-state index contributed by atoms with van der Waals surface area (Å²) < 4.78 is 0. The van der Waals surface area contributed by atoms with Crippen LogP contribution in [0.5, 0.6) is 0 Å². The van der Waals surface area contributed by atoms with E-state index in [1.54, 1.807) is 17.0 Å². The molecule has 2 saturated heterocycles. The number of rotatable bonds is 3. The van der Waals surface area contributed by atoms with Gasteiger partial charge >= 0.3 is 0 Å². The van der Waals surface area contributed by atoms with Crippen molar-refractivity contribution in [2.45, 2.75) is 25.2 Å². The zero-order valence-electron chi connectivity index (χ0n) is 14.5. The fraction of sp³-hybridized carbons (Fsp3) is 0.333. The number of hydrogen-bond acceptors (Lipinski definition) is 2. The summed E-state index contributed by atoms with van der Waals surface area (Å²) >= 11 is 6.32. The summed E-state index contributed by atoms with van der Waals surface area (Å²) in [4.78, 5) is 28.6. The van der Waals surface area contributed by atoms with E-state index in [1.807, 2.05) is 29.2 Å². The quantitative estimate of drug-likeness (QED) is 0.818. The molecular formula is C21H21ClN2O2. The fourth-order valence-electron chi connectivity index (χ4n) is 3.88. The lowest BCUT2D eigenvalue weighted by molar-refractivity contribution is -0.117. The maximum atomic E-state index is 13.0. The van der Waals surface area contributed by atoms with E-state index >= 15 is 0 Å². The highest BCUT2D eigenvalue weighted by atomic mass is 35.5. The number of hydrogen-bond donors (Lipinski definition) is 0. The monoisotopic (exact) mass is 368 g/mol. The highest BCUT2D eigenvalue weighted by Crippen LogP contribution is 2.31. The topological polar surface area (TPSA) is 40.6 Å². The van der Waals surface area contributed by atoms with Crippen LogP contribution < -0.4 is 4.90 Å².